The van der Waals surface area contributed by atoms with E-state index in [9.17, 15) is 0 Å². The van der Waals surface area contributed by atoms with Crippen molar-refractivity contribution in [3.63, 3.8) is 0 Å². The van der Waals surface area contributed by atoms with Crippen LogP contribution in [-0.2, 0) is 6.42 Å². The van der Waals surface area contributed by atoms with Crippen LogP contribution >= 0.6 is 23.4 Å². The Labute approximate surface area is 185 Å². The first kappa shape index (κ1) is 20.5. The predicted molar refractivity (Wildman–Crippen MR) is 123 cm³/mol. The third-order valence-corrected chi connectivity index (χ3v) is 5.74. The maximum atomic E-state index is 6.09. The molecule has 0 aliphatic carbocycles. The molecule has 0 atom stereocenters. The maximum Gasteiger partial charge on any atom is 0.195 e. The molecule has 4 nitrogen and oxygen atoms in total. The molecule has 0 unspecified atom stereocenters. The molecule has 4 aromatic rings. The average Bonchev–Trinajstić information content (AvgIpc) is 3.16. The normalized spacial score (nSPS) is 10.9. The minimum atomic E-state index is 0.592. The zero-order chi connectivity index (χ0) is 20.8. The molecule has 0 amide bonds. The Kier molecular flexibility index (Phi) is 6.72. The Morgan fingerprint density at radius 3 is 2.37 bits per heavy atom. The molecule has 0 aliphatic heterocycles. The van der Waals surface area contributed by atoms with Crippen molar-refractivity contribution in [3.8, 4) is 11.4 Å². The molecule has 0 saturated carbocycles. The third-order valence-electron chi connectivity index (χ3n) is 4.59. The molecule has 4 rings (SSSR count). The van der Waals surface area contributed by atoms with E-state index in [4.69, 9.17) is 16.3 Å². The summed E-state index contributed by atoms with van der Waals surface area (Å²) in [6, 6.07) is 26.1. The lowest BCUT2D eigenvalue weighted by Crippen LogP contribution is -2.05. The highest BCUT2D eigenvalue weighted by molar-refractivity contribution is 7.99. The fourth-order valence-electron chi connectivity index (χ4n) is 3.06. The number of ether oxygens (including phenoxy) is 1. The number of thioether (sulfide) groups is 1. The van der Waals surface area contributed by atoms with Crippen LogP contribution in [0.5, 0.6) is 5.75 Å². The lowest BCUT2D eigenvalue weighted by atomic mass is 10.1. The quantitative estimate of drug-likeness (QED) is 0.251. The smallest absolute Gasteiger partial charge is 0.195 e. The Bertz CT molecular complexity index is 1080. The van der Waals surface area contributed by atoms with E-state index in [1.807, 2.05) is 54.6 Å². The molecule has 0 fully saturated rings. The SMILES string of the molecule is Cc1ccc(OCCSc2nnc(Cc3ccccc3)n2-c2ccc(Cl)cc2)cc1. The minimum Gasteiger partial charge on any atom is -0.493 e. The number of rotatable bonds is 8. The van der Waals surface area contributed by atoms with E-state index in [1.165, 1.54) is 11.1 Å². The maximum absolute atomic E-state index is 6.09. The highest BCUT2D eigenvalue weighted by atomic mass is 35.5. The molecular weight excluding hydrogens is 414 g/mol. The van der Waals surface area contributed by atoms with Gasteiger partial charge in [-0.3, -0.25) is 4.57 Å². The van der Waals surface area contributed by atoms with Gasteiger partial charge in [0, 0.05) is 22.9 Å². The number of hydrogen-bond donors (Lipinski definition) is 0. The van der Waals surface area contributed by atoms with Gasteiger partial charge in [-0.2, -0.15) is 0 Å². The first-order valence-electron chi connectivity index (χ1n) is 9.75. The van der Waals surface area contributed by atoms with Crippen LogP contribution in [0.25, 0.3) is 5.69 Å². The van der Waals surface area contributed by atoms with Gasteiger partial charge in [-0.05, 0) is 48.9 Å². The van der Waals surface area contributed by atoms with Crippen LogP contribution in [0.1, 0.15) is 17.0 Å². The molecule has 30 heavy (non-hydrogen) atoms. The summed E-state index contributed by atoms with van der Waals surface area (Å²) in [5.41, 5.74) is 3.41. The molecule has 0 aliphatic rings. The number of nitrogens with zero attached hydrogens (tertiary/aromatic N) is 3. The van der Waals surface area contributed by atoms with Gasteiger partial charge in [-0.25, -0.2) is 0 Å². The Balaban J connectivity index is 1.50. The number of benzene rings is 3. The summed E-state index contributed by atoms with van der Waals surface area (Å²) in [4.78, 5) is 0. The van der Waals surface area contributed by atoms with Crippen LogP contribution in [0.15, 0.2) is 84.0 Å². The van der Waals surface area contributed by atoms with Crippen molar-refractivity contribution in [1.29, 1.82) is 0 Å². The van der Waals surface area contributed by atoms with Crippen LogP contribution in [0.4, 0.5) is 0 Å². The lowest BCUT2D eigenvalue weighted by Gasteiger charge is -2.11. The topological polar surface area (TPSA) is 39.9 Å². The van der Waals surface area contributed by atoms with E-state index in [-0.39, 0.29) is 0 Å². The van der Waals surface area contributed by atoms with Gasteiger partial charge in [0.1, 0.15) is 11.6 Å². The van der Waals surface area contributed by atoms with Crippen molar-refractivity contribution in [1.82, 2.24) is 14.8 Å². The molecule has 0 saturated heterocycles. The van der Waals surface area contributed by atoms with Crippen LogP contribution < -0.4 is 4.74 Å². The van der Waals surface area contributed by atoms with Gasteiger partial charge in [0.05, 0.1) is 6.61 Å². The second-order valence-corrected chi connectivity index (χ2v) is 8.38. The standard InChI is InChI=1S/C24H22ClN3OS/c1-18-7-13-22(14-8-18)29-15-16-30-24-27-26-23(17-19-5-3-2-4-6-19)28(24)21-11-9-20(25)10-12-21/h2-14H,15-17H2,1H3. The van der Waals surface area contributed by atoms with Crippen molar-refractivity contribution in [2.45, 2.75) is 18.5 Å². The van der Waals surface area contributed by atoms with Crippen LogP contribution in [0.3, 0.4) is 0 Å². The molecule has 0 N–H and O–H groups in total. The summed E-state index contributed by atoms with van der Waals surface area (Å²) in [6.45, 7) is 2.66. The van der Waals surface area contributed by atoms with Crippen molar-refractivity contribution in [2.75, 3.05) is 12.4 Å². The predicted octanol–water partition coefficient (Wildman–Crippen LogP) is 5.99. The van der Waals surface area contributed by atoms with E-state index < -0.39 is 0 Å². The van der Waals surface area contributed by atoms with Gasteiger partial charge in [-0.15, -0.1) is 10.2 Å². The van der Waals surface area contributed by atoms with Gasteiger partial charge in [0.2, 0.25) is 0 Å². The first-order chi connectivity index (χ1) is 14.7. The molecule has 1 aromatic heterocycles. The van der Waals surface area contributed by atoms with E-state index in [0.29, 0.717) is 18.1 Å². The molecule has 1 heterocycles. The fraction of sp³-hybridized carbons (Fsp3) is 0.167. The van der Waals surface area contributed by atoms with Gasteiger partial charge in [0.15, 0.2) is 5.16 Å². The number of aromatic nitrogens is 3. The van der Waals surface area contributed by atoms with Crippen molar-refractivity contribution >= 4 is 23.4 Å². The summed E-state index contributed by atoms with van der Waals surface area (Å²) < 4.78 is 7.95. The summed E-state index contributed by atoms with van der Waals surface area (Å²) in [6.07, 6.45) is 0.705. The molecule has 0 radical (unpaired) electrons. The Morgan fingerprint density at radius 1 is 0.900 bits per heavy atom. The minimum absolute atomic E-state index is 0.592. The van der Waals surface area contributed by atoms with Crippen molar-refractivity contribution in [3.05, 3.63) is 101 Å². The number of hydrogen-bond acceptors (Lipinski definition) is 4. The second kappa shape index (κ2) is 9.83. The van der Waals surface area contributed by atoms with E-state index in [0.717, 1.165) is 28.2 Å². The third kappa shape index (κ3) is 5.23. The molecule has 0 spiro atoms. The van der Waals surface area contributed by atoms with Gasteiger partial charge >= 0.3 is 0 Å². The van der Waals surface area contributed by atoms with Crippen LogP contribution in [0, 0.1) is 6.92 Å². The summed E-state index contributed by atoms with van der Waals surface area (Å²) >= 11 is 7.72. The largest absolute Gasteiger partial charge is 0.493 e. The molecule has 152 valence electrons. The van der Waals surface area contributed by atoms with E-state index in [1.54, 1.807) is 11.8 Å². The first-order valence-corrected chi connectivity index (χ1v) is 11.1. The Morgan fingerprint density at radius 2 is 1.63 bits per heavy atom. The Hall–Kier alpha value is -2.76. The van der Waals surface area contributed by atoms with Gasteiger partial charge in [-0.1, -0.05) is 71.4 Å². The molecule has 3 aromatic carbocycles. The zero-order valence-electron chi connectivity index (χ0n) is 16.7. The lowest BCUT2D eigenvalue weighted by molar-refractivity contribution is 0.344. The average molecular weight is 436 g/mol. The summed E-state index contributed by atoms with van der Waals surface area (Å²) in [7, 11) is 0. The monoisotopic (exact) mass is 435 g/mol. The van der Waals surface area contributed by atoms with E-state index in [2.05, 4.69) is 46.0 Å². The number of halogens is 1. The van der Waals surface area contributed by atoms with Gasteiger partial charge < -0.3 is 4.74 Å². The summed E-state index contributed by atoms with van der Waals surface area (Å²) in [5.74, 6) is 2.54. The number of aryl methyl sites for hydroxylation is 1. The van der Waals surface area contributed by atoms with Crippen LogP contribution in [-0.4, -0.2) is 27.1 Å². The highest BCUT2D eigenvalue weighted by Crippen LogP contribution is 2.25. The second-order valence-electron chi connectivity index (χ2n) is 6.88. The molecular formula is C24H22ClN3OS. The molecule has 6 heteroatoms. The van der Waals surface area contributed by atoms with Gasteiger partial charge in [0.25, 0.3) is 0 Å². The highest BCUT2D eigenvalue weighted by Gasteiger charge is 2.15. The van der Waals surface area contributed by atoms with Crippen molar-refractivity contribution in [2.24, 2.45) is 0 Å². The van der Waals surface area contributed by atoms with Crippen molar-refractivity contribution < 1.29 is 4.74 Å². The zero-order valence-corrected chi connectivity index (χ0v) is 18.2. The summed E-state index contributed by atoms with van der Waals surface area (Å²) in [5, 5.41) is 10.5. The fourth-order valence-corrected chi connectivity index (χ4v) is 3.98. The van der Waals surface area contributed by atoms with E-state index >= 15 is 0 Å². The van der Waals surface area contributed by atoms with Crippen LogP contribution in [0.2, 0.25) is 5.02 Å². The molecule has 0 bridgehead atoms.